The van der Waals surface area contributed by atoms with Crippen molar-refractivity contribution in [1.29, 1.82) is 0 Å². The largest absolute Gasteiger partial charge is 0.393 e. The second-order valence-electron chi connectivity index (χ2n) is 32.7. The zero-order chi connectivity index (χ0) is 78.1. The minimum atomic E-state index is -4.53. The molecule has 24 nitrogen and oxygen atoms in total. The molecule has 4 saturated carbocycles. The molecule has 1 spiro atoms. The molecule has 2 bridgehead atoms. The summed E-state index contributed by atoms with van der Waals surface area (Å²) in [6, 6.07) is -11.4. The highest BCUT2D eigenvalue weighted by Crippen LogP contribution is 2.50. The Morgan fingerprint density at radius 2 is 1.30 bits per heavy atom. The van der Waals surface area contributed by atoms with Gasteiger partial charge in [0.15, 0.2) is 0 Å². The van der Waals surface area contributed by atoms with Crippen molar-refractivity contribution in [3.8, 4) is 0 Å². The summed E-state index contributed by atoms with van der Waals surface area (Å²) in [7, 11) is 9.37. The van der Waals surface area contributed by atoms with Crippen molar-refractivity contribution >= 4 is 82.5 Å². The number of nitrogens with zero attached hydrogens (tertiary/aromatic N) is 9. The second-order valence-corrected chi connectivity index (χ2v) is 33.3. The number of likely N-dealkylation sites (N-methyl/N-ethyl adjacent to an activating group) is 7. The van der Waals surface area contributed by atoms with Gasteiger partial charge in [-0.2, -0.15) is 13.2 Å². The Morgan fingerprint density at radius 3 is 1.90 bits per heavy atom. The molecule has 4 aliphatic carbocycles. The highest BCUT2D eigenvalue weighted by atomic mass is 35.5. The summed E-state index contributed by atoms with van der Waals surface area (Å²) in [5.41, 5.74) is -2.21. The molecule has 3 aliphatic heterocycles. The van der Waals surface area contributed by atoms with Gasteiger partial charge in [-0.25, -0.2) is 8.78 Å². The molecule has 0 aromatic rings. The van der Waals surface area contributed by atoms with E-state index in [-0.39, 0.29) is 102 Å². The lowest BCUT2D eigenvalue weighted by molar-refractivity contribution is -0.182. The fraction of sp³-hybridized carbons (Fsp3) is 0.813. The van der Waals surface area contributed by atoms with E-state index in [9.17, 15) is 50.7 Å². The summed E-state index contributed by atoms with van der Waals surface area (Å²) in [6.45, 7) is 11.6. The Hall–Kier alpha value is -6.68. The van der Waals surface area contributed by atoms with Crippen LogP contribution in [0.25, 0.3) is 0 Å². The molecule has 12 amide bonds. The lowest BCUT2D eigenvalue weighted by Crippen LogP contribution is -2.71. The molecule has 3 N–H and O–H groups in total. The molecular weight excluding hydrogens is 1390 g/mol. The molecule has 105 heavy (non-hydrogen) atoms. The van der Waals surface area contributed by atoms with Crippen LogP contribution in [-0.2, 0) is 57.5 Å². The van der Waals surface area contributed by atoms with Crippen molar-refractivity contribution in [2.45, 2.75) is 262 Å². The van der Waals surface area contributed by atoms with Gasteiger partial charge in [0, 0.05) is 80.8 Å². The molecule has 0 aromatic heterocycles. The fourth-order valence-electron chi connectivity index (χ4n) is 17.5. The number of hydrogen-bond donors (Lipinski definition) is 3. The molecule has 0 radical (unpaired) electrons. The number of fused-ring (bicyclic) bond motifs is 3. The first-order valence-electron chi connectivity index (χ1n) is 38.1. The average molecular weight is 1510 g/mol. The van der Waals surface area contributed by atoms with E-state index in [1.54, 1.807) is 26.8 Å². The molecule has 592 valence electrons. The van der Waals surface area contributed by atoms with Crippen LogP contribution in [0, 0.1) is 46.8 Å². The third kappa shape index (κ3) is 21.0. The van der Waals surface area contributed by atoms with Gasteiger partial charge in [0.1, 0.15) is 53.9 Å². The van der Waals surface area contributed by atoms with Gasteiger partial charge < -0.3 is 60.0 Å². The topological polar surface area (TPSA) is 270 Å². The minimum Gasteiger partial charge on any atom is -0.344 e. The zero-order valence-corrected chi connectivity index (χ0v) is 65.0. The third-order valence-electron chi connectivity index (χ3n) is 24.1. The third-order valence-corrected chi connectivity index (χ3v) is 24.6. The summed E-state index contributed by atoms with van der Waals surface area (Å²) in [5.74, 6) is -12.5. The molecule has 2 saturated heterocycles. The maximum Gasteiger partial charge on any atom is 0.393 e. The van der Waals surface area contributed by atoms with Crippen molar-refractivity contribution in [3.63, 3.8) is 0 Å². The van der Waals surface area contributed by atoms with Crippen LogP contribution in [0.5, 0.6) is 0 Å². The standard InChI is InChI=1S/C75H118ClF5N12O12/c1-15-46(5)62-70(103)87(10)41-61(96)88(11)53-24-18-17-21-33-92(69(53)102)57(36-48-27-25-44(3)26-28-48)68(101)86(9)40-59(94)82-52(32-30-47-29-31-50(51(76)35-47)75(79,80)81)66(99)93-39-45(4)34-55(93)65(98)84-74(42-73(6,7)43-74)72(105)91(14)63(49-22-19-20-23-49)71(104)90(13)56(67(100)85(8)16-2)38-60(95)89(12)54(37-58(77)78)64(97)83-62/h17-18,44-58,62-63H,15-16,19-43H2,1-14H3,(H,82,94)(H,83,97)(H,84,98)/b18-17-/t44?,45-,46-,47?,48?,50?,51?,52-,53-,54-,55-,56-,57-,62-,63-/m0/s1. The number of amides is 12. The second kappa shape index (κ2) is 36.5. The molecule has 3 unspecified atom stereocenters. The van der Waals surface area contributed by atoms with Gasteiger partial charge in [0.25, 0.3) is 0 Å². The fourth-order valence-corrected chi connectivity index (χ4v) is 18.0. The quantitative estimate of drug-likeness (QED) is 0.101. The molecule has 7 rings (SSSR count). The van der Waals surface area contributed by atoms with Gasteiger partial charge in [0.2, 0.25) is 77.3 Å². The first-order chi connectivity index (χ1) is 49.1. The molecule has 30 heteroatoms. The SMILES string of the molecule is CC[C@H](C)[C@@H]1NC(=O)[C@H](CC(F)F)N(C)C(=O)C[C@@H](C(=O)N(C)CC)N(C)C(=O)[C@H](C2CCCC2)N(C)C(=O)C2(CC(C)(C)C2)NC(=O)[C@@H]2C[C@H](C)CN2C(=O)[C@H](CCC2CCC(C(F)(F)F)C(Cl)C2)NC(=O)CN(C)C(=O)[C@H](CC2CCC(C)CC2)N2CC/C=C\C[C@@H](C2=O)N(C)C(=O)CN(C)C1=O. The molecule has 7 aliphatic rings. The van der Waals surface area contributed by atoms with Crippen LogP contribution < -0.4 is 16.0 Å². The summed E-state index contributed by atoms with van der Waals surface area (Å²) in [6.07, 6.45) is 0.210. The number of nitrogens with one attached hydrogen (secondary N) is 3. The number of alkyl halides is 6. The highest BCUT2D eigenvalue weighted by molar-refractivity contribution is 6.21. The molecule has 0 aromatic carbocycles. The van der Waals surface area contributed by atoms with Gasteiger partial charge in [-0.3, -0.25) is 57.5 Å². The first kappa shape index (κ1) is 85.6. The summed E-state index contributed by atoms with van der Waals surface area (Å²) in [4.78, 5) is 192. The minimum absolute atomic E-state index is 0.00595. The maximum absolute atomic E-state index is 15.7. The van der Waals surface area contributed by atoms with Crippen LogP contribution in [0.2, 0.25) is 0 Å². The van der Waals surface area contributed by atoms with E-state index in [1.807, 2.05) is 26.8 Å². The maximum atomic E-state index is 15.7. The van der Waals surface area contributed by atoms with Crippen molar-refractivity contribution < 1.29 is 79.5 Å². The van der Waals surface area contributed by atoms with Crippen LogP contribution in [0.15, 0.2) is 12.2 Å². The van der Waals surface area contributed by atoms with E-state index in [0.717, 1.165) is 47.4 Å². The lowest BCUT2D eigenvalue weighted by atomic mass is 9.58. The number of carbonyl (C=O) groups is 12. The van der Waals surface area contributed by atoms with Gasteiger partial charge >= 0.3 is 6.18 Å². The van der Waals surface area contributed by atoms with Gasteiger partial charge in [0.05, 0.1) is 25.4 Å². The Labute approximate surface area is 622 Å². The average Bonchev–Trinajstić information content (AvgIpc) is 1.22. The van der Waals surface area contributed by atoms with E-state index in [1.165, 1.54) is 71.7 Å². The number of rotatable bonds is 12. The van der Waals surface area contributed by atoms with E-state index >= 15 is 28.8 Å². The number of halogens is 6. The van der Waals surface area contributed by atoms with E-state index in [4.69, 9.17) is 11.6 Å². The predicted octanol–water partition coefficient (Wildman–Crippen LogP) is 7.00. The van der Waals surface area contributed by atoms with Crippen LogP contribution in [-0.4, -0.2) is 269 Å². The van der Waals surface area contributed by atoms with E-state index < -0.39 is 198 Å². The number of carbonyl (C=O) groups excluding carboxylic acids is 12. The monoisotopic (exact) mass is 1510 g/mol. The summed E-state index contributed by atoms with van der Waals surface area (Å²) < 4.78 is 72.0. The lowest BCUT2D eigenvalue weighted by Gasteiger charge is -2.54. The van der Waals surface area contributed by atoms with Crippen LogP contribution in [0.4, 0.5) is 22.0 Å². The van der Waals surface area contributed by atoms with E-state index in [2.05, 4.69) is 22.9 Å². The van der Waals surface area contributed by atoms with Crippen molar-refractivity contribution in [2.24, 2.45) is 46.8 Å². The Morgan fingerprint density at radius 1 is 0.676 bits per heavy atom. The zero-order valence-electron chi connectivity index (χ0n) is 64.3. The number of hydrogen-bond acceptors (Lipinski definition) is 12. The molecule has 3 heterocycles. The summed E-state index contributed by atoms with van der Waals surface area (Å²) >= 11 is 6.44. The highest BCUT2D eigenvalue weighted by Gasteiger charge is 2.59. The first-order valence-corrected chi connectivity index (χ1v) is 38.6. The Balaban J connectivity index is 1.32. The summed E-state index contributed by atoms with van der Waals surface area (Å²) in [5, 5.41) is 7.26. The normalized spacial score (nSPS) is 32.2. The van der Waals surface area contributed by atoms with Gasteiger partial charge in [-0.05, 0) is 131 Å². The van der Waals surface area contributed by atoms with Gasteiger partial charge in [-0.15, -0.1) is 11.6 Å². The molecule has 6 fully saturated rings. The van der Waals surface area contributed by atoms with E-state index in [0.29, 0.717) is 38.0 Å². The van der Waals surface area contributed by atoms with Crippen LogP contribution >= 0.6 is 11.6 Å². The van der Waals surface area contributed by atoms with Crippen molar-refractivity contribution in [1.82, 2.24) is 60.0 Å². The van der Waals surface area contributed by atoms with Gasteiger partial charge in [-0.1, -0.05) is 98.6 Å². The molecular formula is C75H118ClF5N12O12. The van der Waals surface area contributed by atoms with Crippen LogP contribution in [0.3, 0.4) is 0 Å². The Bertz CT molecular complexity index is 3160. The Kier molecular flexibility index (Phi) is 29.7. The molecule has 13 atom stereocenters. The van der Waals surface area contributed by atoms with Crippen molar-refractivity contribution in [2.75, 3.05) is 82.1 Å². The smallest absolute Gasteiger partial charge is 0.344 e. The van der Waals surface area contributed by atoms with Crippen LogP contribution in [0.1, 0.15) is 190 Å². The van der Waals surface area contributed by atoms with Crippen molar-refractivity contribution in [3.05, 3.63) is 12.2 Å². The predicted molar refractivity (Wildman–Crippen MR) is 384 cm³/mol.